The second kappa shape index (κ2) is 33.4. The number of aryl methyl sites for hydroxylation is 2. The van der Waals surface area contributed by atoms with E-state index in [2.05, 4.69) is 41.7 Å². The predicted molar refractivity (Wildman–Crippen MR) is 267 cm³/mol. The molecule has 0 aliphatic carbocycles. The van der Waals surface area contributed by atoms with Gasteiger partial charge in [0.25, 0.3) is 0 Å². The fourth-order valence-corrected chi connectivity index (χ4v) is 8.54. The van der Waals surface area contributed by atoms with E-state index in [-0.39, 0.29) is 37.7 Å². The number of hydrogen-bond donors (Lipinski definition) is 8. The number of nitrogens with one attached hydrogen (secondary N) is 6. The van der Waals surface area contributed by atoms with Crippen LogP contribution in [0.25, 0.3) is 0 Å². The van der Waals surface area contributed by atoms with Crippen LogP contribution in [0.4, 0.5) is 11.4 Å². The summed E-state index contributed by atoms with van der Waals surface area (Å²) >= 11 is 23.7. The number of carboxylic acid groups (broad SMARTS) is 2. The number of halogens is 4. The summed E-state index contributed by atoms with van der Waals surface area (Å²) < 4.78 is 0. The number of alkyl halides is 4. The molecule has 2 aromatic carbocycles. The van der Waals surface area contributed by atoms with Gasteiger partial charge in [0.1, 0.15) is 24.2 Å². The highest BCUT2D eigenvalue weighted by atomic mass is 35.5. The van der Waals surface area contributed by atoms with Gasteiger partial charge >= 0.3 is 11.9 Å². The molecule has 1 aliphatic rings. The van der Waals surface area contributed by atoms with E-state index in [1.54, 1.807) is 0 Å². The topological polar surface area (TPSA) is 222 Å². The van der Waals surface area contributed by atoms with Crippen molar-refractivity contribution < 1.29 is 39.0 Å². The van der Waals surface area contributed by atoms with E-state index in [1.807, 2.05) is 48.5 Å². The number of rotatable bonds is 30. The number of nitrogens with zero attached hydrogens (tertiary/aromatic N) is 2. The van der Waals surface area contributed by atoms with Crippen LogP contribution in [-0.2, 0) is 41.6 Å². The number of unbranched alkanes of at least 4 members (excludes halogenated alkanes) is 2. The maximum atomic E-state index is 13.2. The minimum atomic E-state index is -0.953. The van der Waals surface area contributed by atoms with Crippen molar-refractivity contribution in [3.63, 3.8) is 0 Å². The van der Waals surface area contributed by atoms with Gasteiger partial charge in [-0.25, -0.2) is 0 Å². The van der Waals surface area contributed by atoms with Gasteiger partial charge in [-0.2, -0.15) is 0 Å². The van der Waals surface area contributed by atoms with Crippen molar-refractivity contribution in [2.75, 3.05) is 85.7 Å². The standard InChI is InChI=1S/C47H70Cl4N8O8/c48-22-30-58(31-23-49)36-15-9-34(10-16-36)13-19-40(46(64)65)52-26-3-1-6-38-44(62)54-28-5-8-42(60)56-39(45(63)55-29-21-43(61)57-38)7-2-4-27-53-41(47(66)67)20-14-35-11-17-37(18-12-35)59(32-24-50)33-25-51/h9-12,15-18,38-41,52-53H,1-8,13-14,19-33H2,(H,54,62)(H,55,63)(H,56,60)(H,57,61)(H,64,65)(H,66,67)/t38-,39-,40+,41-/m0/s1. The number of amides is 4. The summed E-state index contributed by atoms with van der Waals surface area (Å²) in [6, 6.07) is 12.6. The Bertz CT molecular complexity index is 1790. The van der Waals surface area contributed by atoms with Gasteiger partial charge in [-0.3, -0.25) is 28.8 Å². The van der Waals surface area contributed by atoms with E-state index in [0.717, 1.165) is 22.5 Å². The van der Waals surface area contributed by atoms with Crippen molar-refractivity contribution in [2.45, 2.75) is 108 Å². The molecular formula is C47H70Cl4N8O8. The van der Waals surface area contributed by atoms with Crippen molar-refractivity contribution in [1.82, 2.24) is 31.9 Å². The van der Waals surface area contributed by atoms with Crippen LogP contribution in [0.3, 0.4) is 0 Å². The molecule has 1 heterocycles. The first kappa shape index (κ1) is 57.3. The Morgan fingerprint density at radius 3 is 1.36 bits per heavy atom. The third-order valence-electron chi connectivity index (χ3n) is 11.5. The molecule has 8 N–H and O–H groups in total. The molecule has 0 spiro atoms. The number of hydrogen-bond acceptors (Lipinski definition) is 10. The predicted octanol–water partition coefficient (Wildman–Crippen LogP) is 4.63. The molecule has 0 unspecified atom stereocenters. The summed E-state index contributed by atoms with van der Waals surface area (Å²) in [5, 5.41) is 37.0. The summed E-state index contributed by atoms with van der Waals surface area (Å²) in [4.78, 5) is 80.5. The van der Waals surface area contributed by atoms with Gasteiger partial charge in [-0.1, -0.05) is 24.3 Å². The Kier molecular flexibility index (Phi) is 28.6. The van der Waals surface area contributed by atoms with Gasteiger partial charge < -0.3 is 51.9 Å². The van der Waals surface area contributed by atoms with Gasteiger partial charge in [0.05, 0.1) is 0 Å². The monoisotopic (exact) mass is 1010 g/mol. The summed E-state index contributed by atoms with van der Waals surface area (Å²) in [5.74, 6) is -1.59. The van der Waals surface area contributed by atoms with Crippen molar-refractivity contribution >= 4 is 93.3 Å². The fourth-order valence-electron chi connectivity index (χ4n) is 7.72. The SMILES string of the molecule is O=C1CCCNC(=O)[C@H](CCCCN[C@H](CCc2ccc(N(CCCl)CCCl)cc2)C(=O)O)NC(=O)CCNC(=O)[C@H](CCCCN[C@@H](CCc2ccc(N(CCCl)CCCl)cc2)C(=O)O)N1. The minimum absolute atomic E-state index is 0.0137. The number of aliphatic carboxylic acids is 2. The second-order valence-corrected chi connectivity index (χ2v) is 18.0. The molecule has 16 nitrogen and oxygen atoms in total. The van der Waals surface area contributed by atoms with Crippen LogP contribution in [0, 0.1) is 0 Å². The average molecular weight is 1020 g/mol. The third kappa shape index (κ3) is 22.7. The molecular weight excluding hydrogens is 946 g/mol. The Labute approximate surface area is 415 Å². The molecule has 0 saturated carbocycles. The minimum Gasteiger partial charge on any atom is -0.480 e. The zero-order valence-electron chi connectivity index (χ0n) is 38.4. The van der Waals surface area contributed by atoms with Gasteiger partial charge in [0, 0.05) is 87.0 Å². The lowest BCUT2D eigenvalue weighted by molar-refractivity contribution is -0.140. The average Bonchev–Trinajstić information content (AvgIpc) is 3.31. The largest absolute Gasteiger partial charge is 0.480 e. The number of carbonyl (C=O) groups is 6. The van der Waals surface area contributed by atoms with E-state index < -0.39 is 47.9 Å². The second-order valence-electron chi connectivity index (χ2n) is 16.5. The summed E-state index contributed by atoms with van der Waals surface area (Å²) in [6.45, 7) is 3.65. The highest BCUT2D eigenvalue weighted by Gasteiger charge is 2.25. The molecule has 1 saturated heterocycles. The molecule has 2 aromatic rings. The molecule has 0 aromatic heterocycles. The highest BCUT2D eigenvalue weighted by molar-refractivity contribution is 6.19. The quantitative estimate of drug-likeness (QED) is 0.0397. The number of carboxylic acids is 2. The molecule has 3 rings (SSSR count). The zero-order valence-corrected chi connectivity index (χ0v) is 41.4. The lowest BCUT2D eigenvalue weighted by atomic mass is 10.0. The van der Waals surface area contributed by atoms with Crippen LogP contribution < -0.4 is 41.7 Å². The smallest absolute Gasteiger partial charge is 0.320 e. The van der Waals surface area contributed by atoms with Crippen LogP contribution in [0.2, 0.25) is 0 Å². The first-order chi connectivity index (χ1) is 32.4. The van der Waals surface area contributed by atoms with E-state index in [1.165, 1.54) is 0 Å². The van der Waals surface area contributed by atoms with Crippen molar-refractivity contribution in [3.05, 3.63) is 59.7 Å². The van der Waals surface area contributed by atoms with Crippen molar-refractivity contribution in [3.8, 4) is 0 Å². The Morgan fingerprint density at radius 1 is 0.582 bits per heavy atom. The van der Waals surface area contributed by atoms with Crippen molar-refractivity contribution in [2.24, 2.45) is 0 Å². The van der Waals surface area contributed by atoms with Crippen LogP contribution in [0.5, 0.6) is 0 Å². The lowest BCUT2D eigenvalue weighted by Crippen LogP contribution is -2.48. The lowest BCUT2D eigenvalue weighted by Gasteiger charge is -2.23. The van der Waals surface area contributed by atoms with E-state index >= 15 is 0 Å². The molecule has 4 amide bonds. The van der Waals surface area contributed by atoms with Gasteiger partial charge in [-0.15, -0.1) is 46.4 Å². The van der Waals surface area contributed by atoms with Gasteiger partial charge in [-0.05, 0) is 119 Å². The van der Waals surface area contributed by atoms with Crippen LogP contribution in [0.1, 0.15) is 81.8 Å². The molecule has 20 heteroatoms. The summed E-state index contributed by atoms with van der Waals surface area (Å²) in [7, 11) is 0. The van der Waals surface area contributed by atoms with Crippen LogP contribution in [0.15, 0.2) is 48.5 Å². The first-order valence-corrected chi connectivity index (χ1v) is 25.5. The molecule has 0 radical (unpaired) electrons. The molecule has 1 fully saturated rings. The summed E-state index contributed by atoms with van der Waals surface area (Å²) in [6.07, 6.45) is 4.94. The molecule has 0 bridgehead atoms. The van der Waals surface area contributed by atoms with Crippen molar-refractivity contribution in [1.29, 1.82) is 0 Å². The maximum absolute atomic E-state index is 13.2. The zero-order chi connectivity index (χ0) is 48.8. The summed E-state index contributed by atoms with van der Waals surface area (Å²) in [5.41, 5.74) is 4.02. The number of anilines is 2. The first-order valence-electron chi connectivity index (χ1n) is 23.4. The maximum Gasteiger partial charge on any atom is 0.320 e. The fraction of sp³-hybridized carbons (Fsp3) is 0.617. The van der Waals surface area contributed by atoms with Crippen LogP contribution in [-0.4, -0.2) is 146 Å². The Morgan fingerprint density at radius 2 is 0.970 bits per heavy atom. The van der Waals surface area contributed by atoms with E-state index in [0.29, 0.717) is 133 Å². The Balaban J connectivity index is 1.42. The van der Waals surface area contributed by atoms with Gasteiger partial charge in [0.15, 0.2) is 0 Å². The normalized spacial score (nSPS) is 17.2. The number of carbonyl (C=O) groups excluding carboxylic acids is 4. The molecule has 1 aliphatic heterocycles. The molecule has 374 valence electrons. The number of benzene rings is 2. The Hall–Kier alpha value is -4.06. The van der Waals surface area contributed by atoms with E-state index in [9.17, 15) is 39.0 Å². The third-order valence-corrected chi connectivity index (χ3v) is 12.2. The highest BCUT2D eigenvalue weighted by Crippen LogP contribution is 2.19. The molecule has 4 atom stereocenters. The van der Waals surface area contributed by atoms with Crippen LogP contribution >= 0.6 is 46.4 Å². The van der Waals surface area contributed by atoms with Gasteiger partial charge in [0.2, 0.25) is 23.6 Å². The molecule has 67 heavy (non-hydrogen) atoms. The van der Waals surface area contributed by atoms with E-state index in [4.69, 9.17) is 46.4 Å².